The van der Waals surface area contributed by atoms with Gasteiger partial charge in [-0.3, -0.25) is 0 Å². The third kappa shape index (κ3) is 3.92. The highest BCUT2D eigenvalue weighted by Crippen LogP contribution is 2.29. The molecule has 0 aliphatic rings. The Hall–Kier alpha value is -3.93. The zero-order valence-electron chi connectivity index (χ0n) is 17.6. The molecule has 0 spiro atoms. The van der Waals surface area contributed by atoms with Gasteiger partial charge in [0.2, 0.25) is 5.82 Å². The van der Waals surface area contributed by atoms with Crippen LogP contribution in [0.1, 0.15) is 16.7 Å². The van der Waals surface area contributed by atoms with Crippen LogP contribution in [0.15, 0.2) is 79.0 Å². The predicted octanol–water partition coefficient (Wildman–Crippen LogP) is 4.71. The molecule has 2 heterocycles. The van der Waals surface area contributed by atoms with Crippen LogP contribution in [-0.2, 0) is 13.1 Å². The molecule has 0 aliphatic carbocycles. The molecule has 0 saturated carbocycles. The minimum absolute atomic E-state index is 0.534. The first-order valence-corrected chi connectivity index (χ1v) is 10.2. The minimum atomic E-state index is 0.534. The molecule has 0 N–H and O–H groups in total. The summed E-state index contributed by atoms with van der Waals surface area (Å²) in [5.74, 6) is 1.44. The number of benzene rings is 3. The first kappa shape index (κ1) is 19.1. The summed E-state index contributed by atoms with van der Waals surface area (Å²) in [6.45, 7) is 3.43. The van der Waals surface area contributed by atoms with E-state index in [-0.39, 0.29) is 0 Å². The van der Waals surface area contributed by atoms with Crippen molar-refractivity contribution in [1.82, 2.24) is 24.8 Å². The number of nitrogens with zero attached hydrogens (tertiary/aromatic N) is 5. The van der Waals surface area contributed by atoms with Gasteiger partial charge in [-0.15, -0.1) is 10.2 Å². The van der Waals surface area contributed by atoms with E-state index in [1.165, 1.54) is 11.1 Å². The van der Waals surface area contributed by atoms with E-state index in [4.69, 9.17) is 4.74 Å². The summed E-state index contributed by atoms with van der Waals surface area (Å²) in [5.41, 5.74) is 5.72. The highest BCUT2D eigenvalue weighted by Gasteiger charge is 2.15. The molecule has 0 unspecified atom stereocenters. The second-order valence-electron chi connectivity index (χ2n) is 7.67. The van der Waals surface area contributed by atoms with E-state index in [9.17, 15) is 0 Å². The first-order chi connectivity index (χ1) is 15.2. The molecule has 0 radical (unpaired) electrons. The Kier molecular flexibility index (Phi) is 4.96. The number of tetrazole rings is 1. The zero-order valence-corrected chi connectivity index (χ0v) is 17.6. The second kappa shape index (κ2) is 8.07. The SMILES string of the molecule is COc1cccc(Cn2nnc(-c3cn(Cc4ccc(C)cc4)c4ccccc34)n2)c1. The maximum atomic E-state index is 5.30. The van der Waals surface area contributed by atoms with Gasteiger partial charge < -0.3 is 9.30 Å². The number of hydrogen-bond donors (Lipinski definition) is 0. The van der Waals surface area contributed by atoms with Crippen LogP contribution >= 0.6 is 0 Å². The van der Waals surface area contributed by atoms with E-state index in [2.05, 4.69) is 75.6 Å². The molecule has 0 saturated heterocycles. The first-order valence-electron chi connectivity index (χ1n) is 10.2. The maximum Gasteiger partial charge on any atom is 0.207 e. The molecular formula is C25H23N5O. The van der Waals surface area contributed by atoms with Gasteiger partial charge in [0.25, 0.3) is 0 Å². The van der Waals surface area contributed by atoms with Crippen molar-refractivity contribution in [3.8, 4) is 17.1 Å². The molecule has 0 atom stereocenters. The van der Waals surface area contributed by atoms with Crippen molar-refractivity contribution in [1.29, 1.82) is 0 Å². The molecule has 154 valence electrons. The summed E-state index contributed by atoms with van der Waals surface area (Å²) >= 11 is 0. The number of aryl methyl sites for hydroxylation is 1. The molecule has 5 rings (SSSR count). The third-order valence-corrected chi connectivity index (χ3v) is 5.41. The van der Waals surface area contributed by atoms with E-state index in [1.54, 1.807) is 11.9 Å². The number of fused-ring (bicyclic) bond motifs is 1. The van der Waals surface area contributed by atoms with Gasteiger partial charge in [0.05, 0.1) is 13.7 Å². The van der Waals surface area contributed by atoms with E-state index in [0.29, 0.717) is 12.4 Å². The van der Waals surface area contributed by atoms with Crippen molar-refractivity contribution in [3.63, 3.8) is 0 Å². The number of rotatable bonds is 6. The zero-order chi connectivity index (χ0) is 21.2. The van der Waals surface area contributed by atoms with Crippen LogP contribution in [0.3, 0.4) is 0 Å². The summed E-state index contributed by atoms with van der Waals surface area (Å²) in [7, 11) is 1.66. The van der Waals surface area contributed by atoms with Gasteiger partial charge in [-0.05, 0) is 41.5 Å². The van der Waals surface area contributed by atoms with Crippen LogP contribution in [0.5, 0.6) is 5.75 Å². The fourth-order valence-electron chi connectivity index (χ4n) is 3.80. The van der Waals surface area contributed by atoms with Crippen LogP contribution in [-0.4, -0.2) is 31.9 Å². The fraction of sp³-hybridized carbons (Fsp3) is 0.160. The van der Waals surface area contributed by atoms with Gasteiger partial charge in [0, 0.05) is 29.2 Å². The summed E-state index contributed by atoms with van der Waals surface area (Å²) in [6, 6.07) is 24.9. The lowest BCUT2D eigenvalue weighted by Crippen LogP contribution is -2.04. The minimum Gasteiger partial charge on any atom is -0.497 e. The lowest BCUT2D eigenvalue weighted by molar-refractivity contribution is 0.413. The highest BCUT2D eigenvalue weighted by atomic mass is 16.5. The monoisotopic (exact) mass is 409 g/mol. The van der Waals surface area contributed by atoms with Crippen molar-refractivity contribution in [2.75, 3.05) is 7.11 Å². The number of ether oxygens (including phenoxy) is 1. The molecule has 6 heteroatoms. The van der Waals surface area contributed by atoms with Gasteiger partial charge in [0.1, 0.15) is 5.75 Å². The summed E-state index contributed by atoms with van der Waals surface area (Å²) < 4.78 is 7.55. The summed E-state index contributed by atoms with van der Waals surface area (Å²) in [5, 5.41) is 14.4. The Morgan fingerprint density at radius 1 is 0.871 bits per heavy atom. The molecule has 2 aromatic heterocycles. The highest BCUT2D eigenvalue weighted by molar-refractivity contribution is 5.94. The Morgan fingerprint density at radius 2 is 1.71 bits per heavy atom. The van der Waals surface area contributed by atoms with Crippen molar-refractivity contribution < 1.29 is 4.74 Å². The number of para-hydroxylation sites is 1. The Labute approximate surface area is 180 Å². The lowest BCUT2D eigenvalue weighted by Gasteiger charge is -2.05. The number of hydrogen-bond acceptors (Lipinski definition) is 4. The average Bonchev–Trinajstić information content (AvgIpc) is 3.40. The topological polar surface area (TPSA) is 57.8 Å². The number of aromatic nitrogens is 5. The van der Waals surface area contributed by atoms with Crippen LogP contribution in [0.25, 0.3) is 22.3 Å². The van der Waals surface area contributed by atoms with Gasteiger partial charge in [-0.25, -0.2) is 0 Å². The van der Waals surface area contributed by atoms with Crippen molar-refractivity contribution in [3.05, 3.63) is 95.7 Å². The molecule has 3 aromatic carbocycles. The van der Waals surface area contributed by atoms with Crippen molar-refractivity contribution in [2.45, 2.75) is 20.0 Å². The Morgan fingerprint density at radius 3 is 2.55 bits per heavy atom. The van der Waals surface area contributed by atoms with E-state index in [0.717, 1.165) is 34.3 Å². The van der Waals surface area contributed by atoms with Crippen LogP contribution in [0, 0.1) is 6.92 Å². The standard InChI is InChI=1S/C25H23N5O/c1-18-10-12-19(13-11-18)15-29-17-23(22-8-3-4-9-24(22)29)25-26-28-30(27-25)16-20-6-5-7-21(14-20)31-2/h3-14,17H,15-16H2,1-2H3. The molecule has 6 nitrogen and oxygen atoms in total. The summed E-state index contributed by atoms with van der Waals surface area (Å²) in [4.78, 5) is 1.62. The van der Waals surface area contributed by atoms with E-state index < -0.39 is 0 Å². The van der Waals surface area contributed by atoms with Crippen molar-refractivity contribution >= 4 is 10.9 Å². The second-order valence-corrected chi connectivity index (χ2v) is 7.67. The van der Waals surface area contributed by atoms with E-state index >= 15 is 0 Å². The van der Waals surface area contributed by atoms with Crippen LogP contribution in [0.4, 0.5) is 0 Å². The molecule has 0 amide bonds. The van der Waals surface area contributed by atoms with Crippen molar-refractivity contribution in [2.24, 2.45) is 0 Å². The average molecular weight is 409 g/mol. The van der Waals surface area contributed by atoms with Gasteiger partial charge >= 0.3 is 0 Å². The van der Waals surface area contributed by atoms with E-state index in [1.807, 2.05) is 30.3 Å². The van der Waals surface area contributed by atoms with Crippen LogP contribution in [0.2, 0.25) is 0 Å². The van der Waals surface area contributed by atoms with Crippen LogP contribution < -0.4 is 4.74 Å². The molecular weight excluding hydrogens is 386 g/mol. The molecule has 5 aromatic rings. The maximum absolute atomic E-state index is 5.30. The van der Waals surface area contributed by atoms with Gasteiger partial charge in [-0.1, -0.05) is 60.2 Å². The largest absolute Gasteiger partial charge is 0.497 e. The smallest absolute Gasteiger partial charge is 0.207 e. The summed E-state index contributed by atoms with van der Waals surface area (Å²) in [6.07, 6.45) is 2.12. The van der Waals surface area contributed by atoms with Gasteiger partial charge in [-0.2, -0.15) is 4.80 Å². The normalized spacial score (nSPS) is 11.2. The third-order valence-electron chi connectivity index (χ3n) is 5.41. The quantitative estimate of drug-likeness (QED) is 0.408. The molecule has 31 heavy (non-hydrogen) atoms. The molecule has 0 aliphatic heterocycles. The Bertz CT molecular complexity index is 1330. The lowest BCUT2D eigenvalue weighted by atomic mass is 10.1. The Balaban J connectivity index is 1.47. The molecule has 0 fully saturated rings. The number of methoxy groups -OCH3 is 1. The van der Waals surface area contributed by atoms with Gasteiger partial charge in [0.15, 0.2) is 0 Å². The fourth-order valence-corrected chi connectivity index (χ4v) is 3.80. The predicted molar refractivity (Wildman–Crippen MR) is 121 cm³/mol. The molecule has 0 bridgehead atoms.